The van der Waals surface area contributed by atoms with Crippen LogP contribution in [0.15, 0.2) is 12.1 Å². The van der Waals surface area contributed by atoms with Crippen LogP contribution in [0.3, 0.4) is 0 Å². The topological polar surface area (TPSA) is 66.5 Å². The van der Waals surface area contributed by atoms with Crippen LogP contribution >= 0.6 is 11.6 Å². The first-order chi connectivity index (χ1) is 5.54. The number of rotatable bonds is 1. The van der Waals surface area contributed by atoms with E-state index in [0.29, 0.717) is 16.3 Å². The van der Waals surface area contributed by atoms with E-state index in [9.17, 15) is 0 Å². The fourth-order valence-electron chi connectivity index (χ4n) is 0.920. The van der Waals surface area contributed by atoms with Crippen LogP contribution in [-0.4, -0.2) is 17.2 Å². The molecule has 0 aliphatic carbocycles. The molecule has 0 amide bonds. The number of nitrogen functional groups attached to an aromatic ring is 1. The molecular weight excluding hydrogens is 176 g/mol. The summed E-state index contributed by atoms with van der Waals surface area (Å²) in [6, 6.07) is 3.09. The predicted octanol–water partition coefficient (Wildman–Crippen LogP) is -0.0896. The first-order valence-electron chi connectivity index (χ1n) is 3.44. The van der Waals surface area contributed by atoms with Gasteiger partial charge in [0.15, 0.2) is 0 Å². The van der Waals surface area contributed by atoms with Crippen molar-refractivity contribution >= 4 is 29.9 Å². The third-order valence-electron chi connectivity index (χ3n) is 1.74. The summed E-state index contributed by atoms with van der Waals surface area (Å²) in [6.07, 6.45) is 0. The highest BCUT2D eigenvalue weighted by Gasteiger charge is 2.16. The van der Waals surface area contributed by atoms with E-state index >= 15 is 0 Å². The van der Waals surface area contributed by atoms with E-state index in [1.807, 2.05) is 0 Å². The molecule has 0 spiro atoms. The molecule has 5 heteroatoms. The Morgan fingerprint density at radius 1 is 1.42 bits per heavy atom. The van der Waals surface area contributed by atoms with Gasteiger partial charge in [-0.25, -0.2) is 0 Å². The summed E-state index contributed by atoms with van der Waals surface area (Å²) in [5.41, 5.74) is 7.04. The van der Waals surface area contributed by atoms with Gasteiger partial charge in [-0.1, -0.05) is 17.7 Å². The van der Waals surface area contributed by atoms with Crippen molar-refractivity contribution < 1.29 is 10.0 Å². The summed E-state index contributed by atoms with van der Waals surface area (Å²) in [5.74, 6) is 0. The molecule has 1 aromatic rings. The van der Waals surface area contributed by atoms with Crippen molar-refractivity contribution in [3.63, 3.8) is 0 Å². The third kappa shape index (κ3) is 1.55. The van der Waals surface area contributed by atoms with Gasteiger partial charge in [-0.15, -0.1) is 0 Å². The molecule has 0 aliphatic rings. The number of hydrogen-bond acceptors (Lipinski definition) is 3. The van der Waals surface area contributed by atoms with Crippen LogP contribution < -0.4 is 11.2 Å². The Morgan fingerprint density at radius 3 is 2.50 bits per heavy atom. The molecule has 0 heterocycles. The van der Waals surface area contributed by atoms with E-state index < -0.39 is 7.12 Å². The van der Waals surface area contributed by atoms with Crippen LogP contribution in [0.4, 0.5) is 5.69 Å². The van der Waals surface area contributed by atoms with E-state index in [1.165, 1.54) is 6.07 Å². The number of nitrogens with two attached hydrogens (primary N) is 1. The zero-order valence-electron chi connectivity index (χ0n) is 6.58. The van der Waals surface area contributed by atoms with Crippen molar-refractivity contribution in [2.45, 2.75) is 6.92 Å². The molecule has 0 unspecified atom stereocenters. The number of hydrogen-bond donors (Lipinski definition) is 3. The average molecular weight is 185 g/mol. The Balaban J connectivity index is 3.27. The van der Waals surface area contributed by atoms with Gasteiger partial charge < -0.3 is 15.8 Å². The smallest absolute Gasteiger partial charge is 0.423 e. The second kappa shape index (κ2) is 3.35. The summed E-state index contributed by atoms with van der Waals surface area (Å²) in [7, 11) is -1.54. The minimum atomic E-state index is -1.54. The molecule has 0 saturated heterocycles. The van der Waals surface area contributed by atoms with E-state index in [4.69, 9.17) is 27.4 Å². The van der Waals surface area contributed by atoms with Crippen LogP contribution in [0.5, 0.6) is 0 Å². The molecule has 0 bridgehead atoms. The molecule has 0 aliphatic heterocycles. The molecule has 0 aromatic heterocycles. The average Bonchev–Trinajstić information content (AvgIpc) is 2.00. The second-order valence-electron chi connectivity index (χ2n) is 2.56. The van der Waals surface area contributed by atoms with Gasteiger partial charge in [0.25, 0.3) is 0 Å². The third-order valence-corrected chi connectivity index (χ3v) is 2.24. The zero-order chi connectivity index (χ0) is 9.30. The number of halogens is 1. The highest BCUT2D eigenvalue weighted by molar-refractivity contribution is 6.63. The maximum atomic E-state index is 8.85. The van der Waals surface area contributed by atoms with Crippen molar-refractivity contribution in [1.82, 2.24) is 0 Å². The van der Waals surface area contributed by atoms with Crippen molar-refractivity contribution in [3.05, 3.63) is 22.7 Å². The first kappa shape index (κ1) is 9.38. The van der Waals surface area contributed by atoms with Crippen molar-refractivity contribution in [1.29, 1.82) is 0 Å². The normalized spacial score (nSPS) is 10.0. The highest BCUT2D eigenvalue weighted by atomic mass is 35.5. The second-order valence-corrected chi connectivity index (χ2v) is 2.93. The van der Waals surface area contributed by atoms with Crippen LogP contribution in [0.2, 0.25) is 5.02 Å². The maximum Gasteiger partial charge on any atom is 0.489 e. The summed E-state index contributed by atoms with van der Waals surface area (Å²) < 4.78 is 0. The zero-order valence-corrected chi connectivity index (χ0v) is 7.34. The summed E-state index contributed by atoms with van der Waals surface area (Å²) in [5, 5.41) is 18.0. The molecule has 12 heavy (non-hydrogen) atoms. The van der Waals surface area contributed by atoms with Crippen molar-refractivity contribution in [2.75, 3.05) is 5.73 Å². The fourth-order valence-corrected chi connectivity index (χ4v) is 1.19. The minimum absolute atomic E-state index is 0.281. The van der Waals surface area contributed by atoms with Gasteiger partial charge in [-0.3, -0.25) is 0 Å². The van der Waals surface area contributed by atoms with E-state index in [0.717, 1.165) is 0 Å². The largest absolute Gasteiger partial charge is 0.489 e. The molecule has 4 N–H and O–H groups in total. The van der Waals surface area contributed by atoms with Crippen molar-refractivity contribution in [3.8, 4) is 0 Å². The maximum absolute atomic E-state index is 8.85. The molecule has 0 saturated carbocycles. The fraction of sp³-hybridized carbons (Fsp3) is 0.143. The van der Waals surface area contributed by atoms with E-state index in [1.54, 1.807) is 13.0 Å². The van der Waals surface area contributed by atoms with Gasteiger partial charge >= 0.3 is 7.12 Å². The Labute approximate surface area is 75.9 Å². The molecule has 0 radical (unpaired) electrons. The van der Waals surface area contributed by atoms with Crippen LogP contribution in [0, 0.1) is 6.92 Å². The summed E-state index contributed by atoms with van der Waals surface area (Å²) in [4.78, 5) is 0. The molecule has 64 valence electrons. The predicted molar refractivity (Wildman–Crippen MR) is 50.4 cm³/mol. The standard InChI is InChI=1S/C7H9BClNO2/c1-4-6(10)3-2-5(7(4)9)8(11)12/h2-3,11-12H,10H2,1H3. The van der Waals surface area contributed by atoms with Gasteiger partial charge in [0.2, 0.25) is 0 Å². The van der Waals surface area contributed by atoms with E-state index in [-0.39, 0.29) is 5.46 Å². The molecule has 1 aromatic carbocycles. The monoisotopic (exact) mass is 185 g/mol. The Bertz CT molecular complexity index is 304. The van der Waals surface area contributed by atoms with Gasteiger partial charge in [-0.05, 0) is 18.6 Å². The number of anilines is 1. The lowest BCUT2D eigenvalue weighted by atomic mass is 9.79. The lowest BCUT2D eigenvalue weighted by molar-refractivity contribution is 0.426. The first-order valence-corrected chi connectivity index (χ1v) is 3.82. The molecule has 0 fully saturated rings. The molecule has 0 atom stereocenters. The van der Waals surface area contributed by atoms with E-state index in [2.05, 4.69) is 0 Å². The highest BCUT2D eigenvalue weighted by Crippen LogP contribution is 2.18. The van der Waals surface area contributed by atoms with Crippen LogP contribution in [0.25, 0.3) is 0 Å². The van der Waals surface area contributed by atoms with Crippen molar-refractivity contribution in [2.24, 2.45) is 0 Å². The van der Waals surface area contributed by atoms with Gasteiger partial charge in [0.1, 0.15) is 0 Å². The lowest BCUT2D eigenvalue weighted by Crippen LogP contribution is -2.31. The Kier molecular flexibility index (Phi) is 2.62. The van der Waals surface area contributed by atoms with Gasteiger partial charge in [0.05, 0.1) is 0 Å². The SMILES string of the molecule is Cc1c(N)ccc(B(O)O)c1Cl. The Hall–Kier alpha value is -0.705. The molecule has 3 nitrogen and oxygen atoms in total. The Morgan fingerprint density at radius 2 is 2.00 bits per heavy atom. The quantitative estimate of drug-likeness (QED) is 0.423. The van der Waals surface area contributed by atoms with Crippen LogP contribution in [0.1, 0.15) is 5.56 Å². The summed E-state index contributed by atoms with van der Waals surface area (Å²) >= 11 is 5.79. The minimum Gasteiger partial charge on any atom is -0.423 e. The van der Waals surface area contributed by atoms with Gasteiger partial charge in [-0.2, -0.15) is 0 Å². The summed E-state index contributed by atoms with van der Waals surface area (Å²) in [6.45, 7) is 1.73. The number of benzene rings is 1. The molecular formula is C7H9BClNO2. The lowest BCUT2D eigenvalue weighted by Gasteiger charge is -2.07. The molecule has 1 rings (SSSR count). The van der Waals surface area contributed by atoms with Gasteiger partial charge in [0, 0.05) is 16.2 Å². The van der Waals surface area contributed by atoms with Crippen LogP contribution in [-0.2, 0) is 0 Å².